The van der Waals surface area contributed by atoms with E-state index in [9.17, 15) is 9.59 Å². The average molecular weight is 315 g/mol. The van der Waals surface area contributed by atoms with Gasteiger partial charge in [-0.1, -0.05) is 31.5 Å². The molecular weight excluding hydrogens is 294 g/mol. The largest absolute Gasteiger partial charge is 0.462 e. The second-order valence-electron chi connectivity index (χ2n) is 5.24. The highest BCUT2D eigenvalue weighted by atomic mass is 16.5. The fourth-order valence-corrected chi connectivity index (χ4v) is 2.23. The Morgan fingerprint density at radius 3 is 2.83 bits per heavy atom. The molecule has 6 heteroatoms. The van der Waals surface area contributed by atoms with Crippen LogP contribution >= 0.6 is 0 Å². The predicted octanol–water partition coefficient (Wildman–Crippen LogP) is 2.99. The van der Waals surface area contributed by atoms with Crippen LogP contribution < -0.4 is 0 Å². The maximum Gasteiger partial charge on any atom is 0.338 e. The second kappa shape index (κ2) is 8.22. The van der Waals surface area contributed by atoms with Crippen LogP contribution in [-0.2, 0) is 11.2 Å². The number of hydrogen-bond acceptors (Lipinski definition) is 5. The van der Waals surface area contributed by atoms with Gasteiger partial charge in [0.15, 0.2) is 6.29 Å². The number of aldehydes is 1. The molecule has 0 unspecified atom stereocenters. The van der Waals surface area contributed by atoms with E-state index in [1.165, 1.54) is 0 Å². The van der Waals surface area contributed by atoms with Gasteiger partial charge < -0.3 is 4.74 Å². The Labute approximate surface area is 135 Å². The average Bonchev–Trinajstić information content (AvgIpc) is 3.00. The minimum atomic E-state index is -0.362. The molecule has 0 fully saturated rings. The smallest absolute Gasteiger partial charge is 0.338 e. The summed E-state index contributed by atoms with van der Waals surface area (Å²) in [5.74, 6) is -0.362. The van der Waals surface area contributed by atoms with Gasteiger partial charge in [0.2, 0.25) is 0 Å². The van der Waals surface area contributed by atoms with Crippen LogP contribution in [0.1, 0.15) is 59.7 Å². The molecule has 0 aliphatic rings. The normalized spacial score (nSPS) is 10.5. The lowest BCUT2D eigenvalue weighted by Gasteiger charge is -2.08. The van der Waals surface area contributed by atoms with Crippen LogP contribution in [-0.4, -0.2) is 33.9 Å². The van der Waals surface area contributed by atoms with Gasteiger partial charge in [-0.2, -0.15) is 0 Å². The quantitative estimate of drug-likeness (QED) is 0.553. The number of aromatic nitrogens is 3. The van der Waals surface area contributed by atoms with Crippen molar-refractivity contribution in [1.82, 2.24) is 15.0 Å². The van der Waals surface area contributed by atoms with E-state index in [0.29, 0.717) is 36.3 Å². The Kier molecular flexibility index (Phi) is 6.02. The van der Waals surface area contributed by atoms with Crippen molar-refractivity contribution in [3.63, 3.8) is 0 Å². The maximum absolute atomic E-state index is 12.0. The lowest BCUT2D eigenvalue weighted by molar-refractivity contribution is 0.0505. The molecule has 0 N–H and O–H groups in total. The summed E-state index contributed by atoms with van der Waals surface area (Å²) < 4.78 is 6.77. The highest BCUT2D eigenvalue weighted by Crippen LogP contribution is 2.16. The number of carbonyl (C=O) groups is 2. The van der Waals surface area contributed by atoms with Gasteiger partial charge in [-0.15, -0.1) is 5.10 Å². The van der Waals surface area contributed by atoms with Gasteiger partial charge in [0, 0.05) is 0 Å². The molecule has 0 atom stereocenters. The fraction of sp³-hybridized carbons (Fsp3) is 0.412. The number of nitrogens with zero attached hydrogens (tertiary/aromatic N) is 3. The molecule has 1 heterocycles. The van der Waals surface area contributed by atoms with E-state index in [1.807, 2.05) is 13.0 Å². The lowest BCUT2D eigenvalue weighted by atomic mass is 10.1. The molecule has 23 heavy (non-hydrogen) atoms. The number of hydrogen-bond donors (Lipinski definition) is 0. The Balaban J connectivity index is 2.33. The zero-order valence-corrected chi connectivity index (χ0v) is 13.5. The highest BCUT2D eigenvalue weighted by Gasteiger charge is 2.15. The van der Waals surface area contributed by atoms with Crippen molar-refractivity contribution in [3.8, 4) is 5.69 Å². The van der Waals surface area contributed by atoms with Crippen LogP contribution in [0.15, 0.2) is 24.3 Å². The van der Waals surface area contributed by atoms with Gasteiger partial charge >= 0.3 is 5.97 Å². The molecule has 0 bridgehead atoms. The summed E-state index contributed by atoms with van der Waals surface area (Å²) in [6.07, 6.45) is 4.15. The Hall–Kier alpha value is -2.50. The van der Waals surface area contributed by atoms with Crippen LogP contribution in [0.3, 0.4) is 0 Å². The number of rotatable bonds is 8. The molecule has 0 amide bonds. The van der Waals surface area contributed by atoms with Crippen molar-refractivity contribution in [2.75, 3.05) is 6.61 Å². The highest BCUT2D eigenvalue weighted by molar-refractivity contribution is 5.90. The summed E-state index contributed by atoms with van der Waals surface area (Å²) in [6.45, 7) is 4.42. The summed E-state index contributed by atoms with van der Waals surface area (Å²) in [7, 11) is 0. The first-order valence-electron chi connectivity index (χ1n) is 7.88. The van der Waals surface area contributed by atoms with Crippen LogP contribution in [0.5, 0.6) is 0 Å². The van der Waals surface area contributed by atoms with E-state index in [2.05, 4.69) is 17.2 Å². The third-order valence-electron chi connectivity index (χ3n) is 3.44. The fourth-order valence-electron chi connectivity index (χ4n) is 2.23. The summed E-state index contributed by atoms with van der Waals surface area (Å²) >= 11 is 0. The first-order chi connectivity index (χ1) is 11.2. The molecule has 2 rings (SSSR count). The number of ether oxygens (including phenoxy) is 1. The van der Waals surface area contributed by atoms with Gasteiger partial charge in [0.05, 0.1) is 23.6 Å². The summed E-state index contributed by atoms with van der Waals surface area (Å²) in [4.78, 5) is 23.1. The van der Waals surface area contributed by atoms with Crippen LogP contribution in [0.2, 0.25) is 0 Å². The molecule has 0 aliphatic heterocycles. The number of unbranched alkanes of at least 4 members (excludes halogenated alkanes) is 1. The summed E-state index contributed by atoms with van der Waals surface area (Å²) in [5, 5.41) is 7.97. The molecule has 6 nitrogen and oxygen atoms in total. The molecule has 1 aromatic carbocycles. The van der Waals surface area contributed by atoms with Gasteiger partial charge in [-0.05, 0) is 37.5 Å². The number of esters is 1. The molecule has 1 aromatic heterocycles. The van der Waals surface area contributed by atoms with Crippen LogP contribution in [0.25, 0.3) is 5.69 Å². The first-order valence-corrected chi connectivity index (χ1v) is 7.88. The van der Waals surface area contributed by atoms with Crippen LogP contribution in [0, 0.1) is 0 Å². The Morgan fingerprint density at radius 2 is 2.13 bits per heavy atom. The predicted molar refractivity (Wildman–Crippen MR) is 85.9 cm³/mol. The first kappa shape index (κ1) is 16.9. The number of carbonyl (C=O) groups excluding carboxylic acids is 2. The summed E-state index contributed by atoms with van der Waals surface area (Å²) in [5.41, 5.74) is 2.27. The molecule has 122 valence electrons. The van der Waals surface area contributed by atoms with Crippen molar-refractivity contribution in [1.29, 1.82) is 0 Å². The zero-order valence-electron chi connectivity index (χ0n) is 13.5. The van der Waals surface area contributed by atoms with Crippen molar-refractivity contribution < 1.29 is 14.3 Å². The standard InChI is InChI=1S/C17H21N3O3/c1-3-5-9-16-15(12-21)18-19-20(16)14-8-6-7-13(11-14)17(22)23-10-4-2/h6-8,11-12H,3-5,9-10H2,1-2H3. The molecule has 0 spiro atoms. The molecular formula is C17H21N3O3. The van der Waals surface area contributed by atoms with E-state index in [-0.39, 0.29) is 5.97 Å². The monoisotopic (exact) mass is 315 g/mol. The Morgan fingerprint density at radius 1 is 1.30 bits per heavy atom. The van der Waals surface area contributed by atoms with Gasteiger partial charge in [0.1, 0.15) is 5.69 Å². The number of benzene rings is 1. The van der Waals surface area contributed by atoms with Gasteiger partial charge in [-0.3, -0.25) is 4.79 Å². The van der Waals surface area contributed by atoms with Crippen molar-refractivity contribution in [3.05, 3.63) is 41.2 Å². The van der Waals surface area contributed by atoms with Crippen molar-refractivity contribution >= 4 is 12.3 Å². The lowest BCUT2D eigenvalue weighted by Crippen LogP contribution is -2.08. The third kappa shape index (κ3) is 4.03. The van der Waals surface area contributed by atoms with E-state index < -0.39 is 0 Å². The molecule has 0 aliphatic carbocycles. The molecule has 0 radical (unpaired) electrons. The zero-order chi connectivity index (χ0) is 16.7. The topological polar surface area (TPSA) is 74.1 Å². The molecule has 2 aromatic rings. The van der Waals surface area contributed by atoms with Gasteiger partial charge in [-0.25, -0.2) is 9.48 Å². The molecule has 0 saturated heterocycles. The van der Waals surface area contributed by atoms with E-state index in [1.54, 1.807) is 22.9 Å². The van der Waals surface area contributed by atoms with Crippen molar-refractivity contribution in [2.45, 2.75) is 39.5 Å². The summed E-state index contributed by atoms with van der Waals surface area (Å²) in [6, 6.07) is 7.00. The minimum Gasteiger partial charge on any atom is -0.462 e. The minimum absolute atomic E-state index is 0.345. The maximum atomic E-state index is 12.0. The van der Waals surface area contributed by atoms with E-state index in [4.69, 9.17) is 4.74 Å². The SMILES string of the molecule is CCCCc1c(C=O)nnn1-c1cccc(C(=O)OCCC)c1. The Bertz CT molecular complexity index is 679. The van der Waals surface area contributed by atoms with Crippen molar-refractivity contribution in [2.24, 2.45) is 0 Å². The van der Waals surface area contributed by atoms with Gasteiger partial charge in [0.25, 0.3) is 0 Å². The third-order valence-corrected chi connectivity index (χ3v) is 3.44. The second-order valence-corrected chi connectivity index (χ2v) is 5.24. The van der Waals surface area contributed by atoms with Crippen LogP contribution in [0.4, 0.5) is 0 Å². The van der Waals surface area contributed by atoms with E-state index >= 15 is 0 Å². The van der Waals surface area contributed by atoms with E-state index in [0.717, 1.165) is 25.0 Å². The molecule has 0 saturated carbocycles.